The molecule has 1 unspecified atom stereocenters. The van der Waals surface area contributed by atoms with Crippen molar-refractivity contribution in [3.05, 3.63) is 17.9 Å². The highest BCUT2D eigenvalue weighted by atomic mass is 16.4. The average molecular weight is 238 g/mol. The lowest BCUT2D eigenvalue weighted by molar-refractivity contribution is -0.132. The topological polar surface area (TPSA) is 99.9 Å². The number of anilines is 1. The van der Waals surface area contributed by atoms with Crippen LogP contribution in [0.25, 0.3) is 0 Å². The quantitative estimate of drug-likeness (QED) is 0.694. The molecule has 1 aliphatic rings. The minimum atomic E-state index is -1.20. The molecule has 0 radical (unpaired) electrons. The molecule has 0 aromatic carbocycles. The number of carbonyl (C=O) groups is 3. The van der Waals surface area contributed by atoms with Crippen molar-refractivity contribution in [2.75, 3.05) is 11.4 Å². The van der Waals surface area contributed by atoms with Crippen LogP contribution in [0.5, 0.6) is 0 Å². The second kappa shape index (κ2) is 3.93. The van der Waals surface area contributed by atoms with Gasteiger partial charge in [0.1, 0.15) is 12.6 Å². The number of piperazine rings is 1. The van der Waals surface area contributed by atoms with Crippen LogP contribution in [-0.2, 0) is 9.59 Å². The second-order valence-corrected chi connectivity index (χ2v) is 3.66. The zero-order chi connectivity index (χ0) is 12.6. The van der Waals surface area contributed by atoms with Crippen molar-refractivity contribution in [2.45, 2.75) is 13.0 Å². The number of furan rings is 1. The molecular formula is C10H10N2O5. The van der Waals surface area contributed by atoms with E-state index in [-0.39, 0.29) is 18.2 Å². The molecule has 7 heteroatoms. The summed E-state index contributed by atoms with van der Waals surface area (Å²) in [7, 11) is 0. The van der Waals surface area contributed by atoms with Crippen molar-refractivity contribution < 1.29 is 23.9 Å². The van der Waals surface area contributed by atoms with E-state index in [1.807, 2.05) is 0 Å². The molecule has 0 saturated carbocycles. The number of amides is 2. The summed E-state index contributed by atoms with van der Waals surface area (Å²) in [5, 5.41) is 10.9. The summed E-state index contributed by atoms with van der Waals surface area (Å²) in [4.78, 5) is 34.7. The maximum Gasteiger partial charge on any atom is 0.371 e. The standard InChI is InChI=1S/C10H10N2O5/c1-5-9(14)11-7(13)4-12(5)8-3-2-6(17-8)10(15)16/h2-3,5H,4H2,1H3,(H,15,16)(H,11,13,14). The largest absolute Gasteiger partial charge is 0.475 e. The number of hydrogen-bond donors (Lipinski definition) is 2. The van der Waals surface area contributed by atoms with Crippen molar-refractivity contribution in [1.29, 1.82) is 0 Å². The molecule has 17 heavy (non-hydrogen) atoms. The molecule has 2 N–H and O–H groups in total. The van der Waals surface area contributed by atoms with E-state index in [1.54, 1.807) is 6.92 Å². The van der Waals surface area contributed by atoms with Crippen LogP contribution in [0.1, 0.15) is 17.5 Å². The zero-order valence-electron chi connectivity index (χ0n) is 8.97. The predicted molar refractivity (Wildman–Crippen MR) is 55.6 cm³/mol. The predicted octanol–water partition coefficient (Wildman–Crippen LogP) is -0.171. The Hall–Kier alpha value is -2.31. The Kier molecular flexibility index (Phi) is 2.58. The molecule has 7 nitrogen and oxygen atoms in total. The second-order valence-electron chi connectivity index (χ2n) is 3.66. The Labute approximate surface area is 96.0 Å². The fourth-order valence-electron chi connectivity index (χ4n) is 1.58. The van der Waals surface area contributed by atoms with Gasteiger partial charge in [-0.25, -0.2) is 4.79 Å². The molecule has 0 aliphatic carbocycles. The summed E-state index contributed by atoms with van der Waals surface area (Å²) >= 11 is 0. The first-order valence-electron chi connectivity index (χ1n) is 4.92. The van der Waals surface area contributed by atoms with E-state index in [0.717, 1.165) is 0 Å². The Morgan fingerprint density at radius 3 is 2.82 bits per heavy atom. The zero-order valence-corrected chi connectivity index (χ0v) is 8.97. The first kappa shape index (κ1) is 11.2. The number of nitrogens with zero attached hydrogens (tertiary/aromatic N) is 1. The normalized spacial score (nSPS) is 20.3. The molecule has 1 saturated heterocycles. The van der Waals surface area contributed by atoms with E-state index < -0.39 is 23.8 Å². The number of aromatic carboxylic acids is 1. The Morgan fingerprint density at radius 1 is 1.53 bits per heavy atom. The third-order valence-electron chi connectivity index (χ3n) is 2.51. The van der Waals surface area contributed by atoms with Crippen LogP contribution in [0.2, 0.25) is 0 Å². The van der Waals surface area contributed by atoms with Gasteiger partial charge in [0.2, 0.25) is 17.6 Å². The molecule has 1 fully saturated rings. The van der Waals surface area contributed by atoms with Gasteiger partial charge in [0.05, 0.1) is 0 Å². The van der Waals surface area contributed by atoms with E-state index in [9.17, 15) is 14.4 Å². The summed E-state index contributed by atoms with van der Waals surface area (Å²) in [5.41, 5.74) is 0. The Balaban J connectivity index is 2.28. The molecule has 1 aromatic heterocycles. The van der Waals surface area contributed by atoms with E-state index in [2.05, 4.69) is 5.32 Å². The lowest BCUT2D eigenvalue weighted by atomic mass is 10.2. The SMILES string of the molecule is CC1C(=O)NC(=O)CN1c1ccc(C(=O)O)o1. The van der Waals surface area contributed by atoms with Gasteiger partial charge in [-0.2, -0.15) is 0 Å². The summed E-state index contributed by atoms with van der Waals surface area (Å²) in [6.07, 6.45) is 0. The minimum absolute atomic E-state index is 0.0422. The molecule has 2 amide bonds. The van der Waals surface area contributed by atoms with Crippen molar-refractivity contribution in [3.63, 3.8) is 0 Å². The molecule has 0 spiro atoms. The first-order valence-corrected chi connectivity index (χ1v) is 4.92. The number of imide groups is 1. The van der Waals surface area contributed by atoms with Crippen LogP contribution < -0.4 is 10.2 Å². The number of nitrogens with one attached hydrogen (secondary N) is 1. The number of carboxylic acids is 1. The maximum atomic E-state index is 11.4. The van der Waals surface area contributed by atoms with E-state index in [4.69, 9.17) is 9.52 Å². The van der Waals surface area contributed by atoms with Crippen molar-refractivity contribution in [2.24, 2.45) is 0 Å². The van der Waals surface area contributed by atoms with Gasteiger partial charge in [-0.15, -0.1) is 0 Å². The van der Waals surface area contributed by atoms with Crippen molar-refractivity contribution in [1.82, 2.24) is 5.32 Å². The average Bonchev–Trinajstić information content (AvgIpc) is 2.72. The molecular weight excluding hydrogens is 228 g/mol. The van der Waals surface area contributed by atoms with Crippen LogP contribution in [0.15, 0.2) is 16.5 Å². The number of carboxylic acid groups (broad SMARTS) is 1. The van der Waals surface area contributed by atoms with Crippen LogP contribution in [0.3, 0.4) is 0 Å². The van der Waals surface area contributed by atoms with Crippen molar-refractivity contribution in [3.8, 4) is 0 Å². The van der Waals surface area contributed by atoms with Gasteiger partial charge in [-0.1, -0.05) is 0 Å². The van der Waals surface area contributed by atoms with Gasteiger partial charge in [0, 0.05) is 6.07 Å². The highest BCUT2D eigenvalue weighted by Crippen LogP contribution is 2.22. The first-order chi connectivity index (χ1) is 7.99. The lowest BCUT2D eigenvalue weighted by Crippen LogP contribution is -2.57. The van der Waals surface area contributed by atoms with Crippen LogP contribution in [0, 0.1) is 0 Å². The molecule has 2 heterocycles. The van der Waals surface area contributed by atoms with E-state index >= 15 is 0 Å². The van der Waals surface area contributed by atoms with E-state index in [0.29, 0.717) is 0 Å². The van der Waals surface area contributed by atoms with Crippen molar-refractivity contribution >= 4 is 23.7 Å². The van der Waals surface area contributed by atoms with Gasteiger partial charge in [-0.3, -0.25) is 14.9 Å². The molecule has 90 valence electrons. The van der Waals surface area contributed by atoms with Crippen LogP contribution in [0.4, 0.5) is 5.88 Å². The minimum Gasteiger partial charge on any atom is -0.475 e. The lowest BCUT2D eigenvalue weighted by Gasteiger charge is -2.31. The van der Waals surface area contributed by atoms with Gasteiger partial charge < -0.3 is 14.4 Å². The Morgan fingerprint density at radius 2 is 2.24 bits per heavy atom. The van der Waals surface area contributed by atoms with Crippen LogP contribution >= 0.6 is 0 Å². The van der Waals surface area contributed by atoms with Crippen LogP contribution in [-0.4, -0.2) is 35.5 Å². The third-order valence-corrected chi connectivity index (χ3v) is 2.51. The third kappa shape index (κ3) is 1.99. The highest BCUT2D eigenvalue weighted by molar-refractivity contribution is 6.04. The molecule has 2 rings (SSSR count). The van der Waals surface area contributed by atoms with Gasteiger partial charge in [-0.05, 0) is 13.0 Å². The fourth-order valence-corrected chi connectivity index (χ4v) is 1.58. The number of rotatable bonds is 2. The van der Waals surface area contributed by atoms with E-state index in [1.165, 1.54) is 17.0 Å². The molecule has 1 atom stereocenters. The fraction of sp³-hybridized carbons (Fsp3) is 0.300. The van der Waals surface area contributed by atoms with Gasteiger partial charge in [0.25, 0.3) is 0 Å². The summed E-state index contributed by atoms with van der Waals surface area (Å²) in [6.45, 7) is 1.56. The monoisotopic (exact) mass is 238 g/mol. The summed E-state index contributed by atoms with van der Waals surface area (Å²) < 4.78 is 5.05. The number of carbonyl (C=O) groups excluding carboxylic acids is 2. The molecule has 1 aromatic rings. The van der Waals surface area contributed by atoms with Gasteiger partial charge >= 0.3 is 5.97 Å². The summed E-state index contributed by atoms with van der Waals surface area (Å²) in [5.74, 6) is -2.11. The molecule has 0 bridgehead atoms. The Bertz CT molecular complexity index is 493. The highest BCUT2D eigenvalue weighted by Gasteiger charge is 2.32. The molecule has 1 aliphatic heterocycles. The van der Waals surface area contributed by atoms with Gasteiger partial charge in [0.15, 0.2) is 5.88 Å². The smallest absolute Gasteiger partial charge is 0.371 e. The maximum absolute atomic E-state index is 11.4. The number of hydrogen-bond acceptors (Lipinski definition) is 5. The summed E-state index contributed by atoms with van der Waals surface area (Å²) in [6, 6.07) is 2.12.